The summed E-state index contributed by atoms with van der Waals surface area (Å²) < 4.78 is 11.1. The van der Waals surface area contributed by atoms with Crippen LogP contribution >= 0.6 is 0 Å². The predicted molar refractivity (Wildman–Crippen MR) is 67.2 cm³/mol. The van der Waals surface area contributed by atoms with Crippen molar-refractivity contribution in [1.82, 2.24) is 14.6 Å². The summed E-state index contributed by atoms with van der Waals surface area (Å²) >= 11 is 0. The molecule has 0 spiro atoms. The second-order valence-corrected chi connectivity index (χ2v) is 3.99. The Morgan fingerprint density at radius 1 is 1.53 bits per heavy atom. The summed E-state index contributed by atoms with van der Waals surface area (Å²) in [4.78, 5) is 28.2. The Hall–Kier alpha value is -2.15. The lowest BCUT2D eigenvalue weighted by Crippen LogP contribution is -2.21. The van der Waals surface area contributed by atoms with Crippen LogP contribution in [0.25, 0.3) is 5.65 Å². The minimum Gasteiger partial charge on any atom is -0.462 e. The average molecular weight is 265 g/mol. The number of rotatable bonds is 4. The molecule has 2 heterocycles. The number of esters is 1. The van der Waals surface area contributed by atoms with Gasteiger partial charge in [0.05, 0.1) is 18.9 Å². The molecule has 0 unspecified atom stereocenters. The van der Waals surface area contributed by atoms with Crippen LogP contribution < -0.4 is 5.56 Å². The number of hydrogen-bond donors (Lipinski definition) is 1. The van der Waals surface area contributed by atoms with Crippen LogP contribution in [0, 0.1) is 6.92 Å². The molecule has 102 valence electrons. The highest BCUT2D eigenvalue weighted by atomic mass is 16.5. The normalized spacial score (nSPS) is 10.9. The molecule has 0 saturated heterocycles. The SMILES string of the molecule is CCOC(=O)c1c[nH]n2c(=O)c(C)c(COC)nc12. The molecule has 0 fully saturated rings. The molecule has 0 saturated carbocycles. The van der Waals surface area contributed by atoms with Crippen molar-refractivity contribution in [2.24, 2.45) is 0 Å². The molecule has 0 radical (unpaired) electrons. The van der Waals surface area contributed by atoms with Crippen molar-refractivity contribution >= 4 is 11.6 Å². The lowest BCUT2D eigenvalue weighted by Gasteiger charge is -2.05. The van der Waals surface area contributed by atoms with Gasteiger partial charge in [-0.15, -0.1) is 0 Å². The Labute approximate surface area is 109 Å². The van der Waals surface area contributed by atoms with Crippen molar-refractivity contribution in [2.45, 2.75) is 20.5 Å². The second kappa shape index (κ2) is 5.23. The van der Waals surface area contributed by atoms with E-state index in [0.29, 0.717) is 11.3 Å². The first-order valence-corrected chi connectivity index (χ1v) is 5.85. The summed E-state index contributed by atoms with van der Waals surface area (Å²) in [5, 5.41) is 2.71. The first-order chi connectivity index (χ1) is 9.10. The van der Waals surface area contributed by atoms with Crippen LogP contribution in [-0.4, -0.2) is 34.3 Å². The zero-order valence-corrected chi connectivity index (χ0v) is 11.0. The lowest BCUT2D eigenvalue weighted by molar-refractivity contribution is 0.0528. The maximum absolute atomic E-state index is 12.1. The van der Waals surface area contributed by atoms with Crippen LogP contribution in [0.2, 0.25) is 0 Å². The fourth-order valence-electron chi connectivity index (χ4n) is 1.78. The van der Waals surface area contributed by atoms with E-state index in [1.807, 2.05) is 0 Å². The molecule has 7 heteroatoms. The van der Waals surface area contributed by atoms with E-state index in [-0.39, 0.29) is 30.0 Å². The number of carbonyl (C=O) groups excluding carboxylic acids is 1. The molecule has 19 heavy (non-hydrogen) atoms. The summed E-state index contributed by atoms with van der Waals surface area (Å²) in [5.74, 6) is -0.514. The molecular formula is C12H15N3O4. The van der Waals surface area contributed by atoms with E-state index in [2.05, 4.69) is 10.1 Å². The van der Waals surface area contributed by atoms with Crippen molar-refractivity contribution < 1.29 is 14.3 Å². The van der Waals surface area contributed by atoms with Crippen LogP contribution in [0.1, 0.15) is 28.5 Å². The fraction of sp³-hybridized carbons (Fsp3) is 0.417. The van der Waals surface area contributed by atoms with Gasteiger partial charge in [-0.3, -0.25) is 9.89 Å². The topological polar surface area (TPSA) is 85.7 Å². The van der Waals surface area contributed by atoms with Crippen LogP contribution in [0.3, 0.4) is 0 Å². The molecule has 0 amide bonds. The first-order valence-electron chi connectivity index (χ1n) is 5.85. The number of aromatic nitrogens is 3. The summed E-state index contributed by atoms with van der Waals surface area (Å²) in [7, 11) is 1.52. The quantitative estimate of drug-likeness (QED) is 0.820. The second-order valence-electron chi connectivity index (χ2n) is 3.99. The van der Waals surface area contributed by atoms with Gasteiger partial charge in [-0.2, -0.15) is 0 Å². The van der Waals surface area contributed by atoms with Gasteiger partial charge in [-0.05, 0) is 13.8 Å². The highest BCUT2D eigenvalue weighted by Gasteiger charge is 2.18. The molecule has 0 aliphatic rings. The van der Waals surface area contributed by atoms with E-state index < -0.39 is 5.97 Å². The van der Waals surface area contributed by atoms with Crippen molar-refractivity contribution in [3.8, 4) is 0 Å². The Balaban J connectivity index is 2.64. The van der Waals surface area contributed by atoms with E-state index in [0.717, 1.165) is 0 Å². The molecule has 0 aliphatic heterocycles. The summed E-state index contributed by atoms with van der Waals surface area (Å²) in [6, 6.07) is 0. The van der Waals surface area contributed by atoms with Crippen LogP contribution in [0.15, 0.2) is 11.0 Å². The number of H-pyrrole nitrogens is 1. The summed E-state index contributed by atoms with van der Waals surface area (Å²) in [5.41, 5.74) is 1.22. The van der Waals surface area contributed by atoms with E-state index in [4.69, 9.17) is 9.47 Å². The molecule has 2 aromatic heterocycles. The van der Waals surface area contributed by atoms with Gasteiger partial charge in [0, 0.05) is 18.9 Å². The Morgan fingerprint density at radius 2 is 2.26 bits per heavy atom. The van der Waals surface area contributed by atoms with Crippen molar-refractivity contribution in [1.29, 1.82) is 0 Å². The third-order valence-corrected chi connectivity index (χ3v) is 2.76. The van der Waals surface area contributed by atoms with E-state index in [9.17, 15) is 9.59 Å². The number of hydrogen-bond acceptors (Lipinski definition) is 5. The summed E-state index contributed by atoms with van der Waals surface area (Å²) in [6.07, 6.45) is 1.41. The number of carbonyl (C=O) groups is 1. The molecule has 0 aromatic carbocycles. The van der Waals surface area contributed by atoms with Gasteiger partial charge in [-0.25, -0.2) is 14.3 Å². The number of methoxy groups -OCH3 is 1. The lowest BCUT2D eigenvalue weighted by atomic mass is 10.2. The van der Waals surface area contributed by atoms with E-state index in [1.165, 1.54) is 17.8 Å². The zero-order valence-electron chi connectivity index (χ0n) is 11.0. The predicted octanol–water partition coefficient (Wildman–Crippen LogP) is 0.654. The van der Waals surface area contributed by atoms with Gasteiger partial charge in [0.1, 0.15) is 5.56 Å². The Kier molecular flexibility index (Phi) is 3.66. The molecule has 2 rings (SSSR count). The molecule has 0 aliphatic carbocycles. The molecule has 2 aromatic rings. The Bertz CT molecular complexity index is 671. The zero-order chi connectivity index (χ0) is 14.0. The van der Waals surface area contributed by atoms with Gasteiger partial charge < -0.3 is 9.47 Å². The van der Waals surface area contributed by atoms with Gasteiger partial charge in [0.2, 0.25) is 0 Å². The minimum atomic E-state index is -0.514. The van der Waals surface area contributed by atoms with Crippen molar-refractivity contribution in [3.05, 3.63) is 33.4 Å². The van der Waals surface area contributed by atoms with Crippen LogP contribution in [-0.2, 0) is 16.1 Å². The number of nitrogens with zero attached hydrogens (tertiary/aromatic N) is 2. The third-order valence-electron chi connectivity index (χ3n) is 2.76. The van der Waals surface area contributed by atoms with Crippen LogP contribution in [0.4, 0.5) is 0 Å². The minimum absolute atomic E-state index is 0.213. The first kappa shape index (κ1) is 13.3. The highest BCUT2D eigenvalue weighted by molar-refractivity contribution is 5.95. The van der Waals surface area contributed by atoms with E-state index >= 15 is 0 Å². The van der Waals surface area contributed by atoms with E-state index in [1.54, 1.807) is 13.8 Å². The molecule has 0 bridgehead atoms. The van der Waals surface area contributed by atoms with Gasteiger partial charge in [0.15, 0.2) is 5.65 Å². The standard InChI is InChI=1S/C12H15N3O4/c1-4-19-12(17)8-5-13-15-10(8)14-9(6-18-3)7(2)11(15)16/h5,13H,4,6H2,1-3H3. The monoisotopic (exact) mass is 265 g/mol. The number of ether oxygens (including phenoxy) is 2. The van der Waals surface area contributed by atoms with Gasteiger partial charge in [-0.1, -0.05) is 0 Å². The fourth-order valence-corrected chi connectivity index (χ4v) is 1.78. The van der Waals surface area contributed by atoms with Crippen LogP contribution in [0.5, 0.6) is 0 Å². The molecule has 0 atom stereocenters. The summed E-state index contributed by atoms with van der Waals surface area (Å²) in [6.45, 7) is 3.86. The number of aromatic amines is 1. The smallest absolute Gasteiger partial charge is 0.343 e. The molecule has 1 N–H and O–H groups in total. The maximum Gasteiger partial charge on any atom is 0.343 e. The molecular weight excluding hydrogens is 250 g/mol. The highest BCUT2D eigenvalue weighted by Crippen LogP contribution is 2.11. The van der Waals surface area contributed by atoms with Crippen molar-refractivity contribution in [3.63, 3.8) is 0 Å². The Morgan fingerprint density at radius 3 is 2.89 bits per heavy atom. The maximum atomic E-state index is 12.1. The largest absolute Gasteiger partial charge is 0.462 e. The van der Waals surface area contributed by atoms with Gasteiger partial charge in [0.25, 0.3) is 5.56 Å². The third kappa shape index (κ3) is 2.24. The van der Waals surface area contributed by atoms with Crippen molar-refractivity contribution in [2.75, 3.05) is 13.7 Å². The number of fused-ring (bicyclic) bond motifs is 1. The average Bonchev–Trinajstić information content (AvgIpc) is 2.80. The number of nitrogens with one attached hydrogen (secondary N) is 1. The molecule has 7 nitrogen and oxygen atoms in total. The van der Waals surface area contributed by atoms with Gasteiger partial charge >= 0.3 is 5.97 Å².